The van der Waals surface area contributed by atoms with E-state index in [1.165, 1.54) is 31.4 Å². The molecule has 0 aromatic heterocycles. The van der Waals surface area contributed by atoms with Crippen LogP contribution in [0, 0.1) is 5.82 Å². The third kappa shape index (κ3) is 6.51. The van der Waals surface area contributed by atoms with Crippen LogP contribution in [0.5, 0.6) is 0 Å². The first-order valence-corrected chi connectivity index (χ1v) is 9.46. The van der Waals surface area contributed by atoms with Crippen LogP contribution in [0.25, 0.3) is 0 Å². The Bertz CT molecular complexity index is 625. The summed E-state index contributed by atoms with van der Waals surface area (Å²) in [7, 11) is 0. The summed E-state index contributed by atoms with van der Waals surface area (Å²) in [6.07, 6.45) is 5.78. The lowest BCUT2D eigenvalue weighted by Gasteiger charge is -2.36. The van der Waals surface area contributed by atoms with Crippen molar-refractivity contribution in [1.29, 1.82) is 0 Å². The second-order valence-electron chi connectivity index (χ2n) is 7.03. The number of guanidine groups is 1. The Morgan fingerprint density at radius 1 is 1.11 bits per heavy atom. The summed E-state index contributed by atoms with van der Waals surface area (Å²) in [6, 6.07) is 6.83. The average Bonchev–Trinajstić information content (AvgIpc) is 2.68. The van der Waals surface area contributed by atoms with Crippen molar-refractivity contribution in [2.75, 3.05) is 37.6 Å². The van der Waals surface area contributed by atoms with E-state index >= 15 is 0 Å². The molecule has 8 heteroatoms. The molecule has 1 amide bonds. The summed E-state index contributed by atoms with van der Waals surface area (Å²) in [5, 5.41) is 3.05. The number of benzene rings is 1. The standard InChI is InChI=1S/C19H28FN5O.HI/c20-15-6-8-17(9-7-15)24-10-12-25(13-11-24)19(21)22-14-18(26)23-16-4-2-1-3-5-16;/h6-9,16H,1-5,10-14H2,(H2,21,22)(H,23,26);1H. The minimum absolute atomic E-state index is 0. The highest BCUT2D eigenvalue weighted by Crippen LogP contribution is 2.18. The van der Waals surface area contributed by atoms with Crippen molar-refractivity contribution in [2.24, 2.45) is 10.7 Å². The third-order valence-corrected chi connectivity index (χ3v) is 5.15. The number of rotatable bonds is 4. The van der Waals surface area contributed by atoms with Gasteiger partial charge in [0.1, 0.15) is 12.4 Å². The van der Waals surface area contributed by atoms with E-state index in [1.54, 1.807) is 12.1 Å². The normalized spacial score (nSPS) is 18.8. The number of nitrogens with one attached hydrogen (secondary N) is 1. The molecule has 1 aliphatic heterocycles. The first-order valence-electron chi connectivity index (χ1n) is 9.46. The fourth-order valence-electron chi connectivity index (χ4n) is 3.62. The van der Waals surface area contributed by atoms with Crippen LogP contribution < -0.4 is 16.0 Å². The number of nitrogens with zero attached hydrogens (tertiary/aromatic N) is 3. The molecule has 6 nitrogen and oxygen atoms in total. The highest BCUT2D eigenvalue weighted by atomic mass is 127. The van der Waals surface area contributed by atoms with Crippen LogP contribution in [0.1, 0.15) is 32.1 Å². The summed E-state index contributed by atoms with van der Waals surface area (Å²) in [5.74, 6) is 0.141. The molecule has 1 saturated carbocycles. The molecule has 3 rings (SSSR count). The van der Waals surface area contributed by atoms with Gasteiger partial charge in [0, 0.05) is 37.9 Å². The predicted molar refractivity (Wildman–Crippen MR) is 117 cm³/mol. The Hall–Kier alpha value is -1.58. The van der Waals surface area contributed by atoms with Gasteiger partial charge in [-0.3, -0.25) is 4.79 Å². The van der Waals surface area contributed by atoms with Crippen LogP contribution >= 0.6 is 24.0 Å². The molecule has 27 heavy (non-hydrogen) atoms. The lowest BCUT2D eigenvalue weighted by Crippen LogP contribution is -2.51. The number of aliphatic imine (C=N–C) groups is 1. The van der Waals surface area contributed by atoms with E-state index in [2.05, 4.69) is 15.2 Å². The number of nitrogens with two attached hydrogens (primary N) is 1. The van der Waals surface area contributed by atoms with E-state index in [-0.39, 0.29) is 42.2 Å². The summed E-state index contributed by atoms with van der Waals surface area (Å²) in [4.78, 5) is 20.5. The Morgan fingerprint density at radius 2 is 1.74 bits per heavy atom. The lowest BCUT2D eigenvalue weighted by atomic mass is 9.95. The van der Waals surface area contributed by atoms with E-state index < -0.39 is 0 Å². The quantitative estimate of drug-likeness (QED) is 0.387. The second kappa shape index (κ2) is 10.7. The van der Waals surface area contributed by atoms with E-state index in [0.29, 0.717) is 12.0 Å². The summed E-state index contributed by atoms with van der Waals surface area (Å²) in [6.45, 7) is 3.13. The smallest absolute Gasteiger partial charge is 0.242 e. The first kappa shape index (κ1) is 21.7. The maximum absolute atomic E-state index is 13.0. The number of anilines is 1. The van der Waals surface area contributed by atoms with Crippen LogP contribution in [0.3, 0.4) is 0 Å². The maximum Gasteiger partial charge on any atom is 0.242 e. The molecule has 0 radical (unpaired) electrons. The van der Waals surface area contributed by atoms with Gasteiger partial charge in [-0.1, -0.05) is 19.3 Å². The van der Waals surface area contributed by atoms with Gasteiger partial charge >= 0.3 is 0 Å². The zero-order chi connectivity index (χ0) is 18.4. The molecule has 1 aromatic carbocycles. The summed E-state index contributed by atoms with van der Waals surface area (Å²) in [5.41, 5.74) is 7.07. The van der Waals surface area contributed by atoms with Crippen LogP contribution in [-0.2, 0) is 4.79 Å². The van der Waals surface area contributed by atoms with Crippen molar-refractivity contribution in [1.82, 2.24) is 10.2 Å². The molecular formula is C19H29FIN5O. The molecule has 2 fully saturated rings. The topological polar surface area (TPSA) is 74.0 Å². The minimum Gasteiger partial charge on any atom is -0.370 e. The maximum atomic E-state index is 13.0. The molecule has 0 bridgehead atoms. The molecule has 1 aromatic rings. The summed E-state index contributed by atoms with van der Waals surface area (Å²) >= 11 is 0. The van der Waals surface area contributed by atoms with Crippen molar-refractivity contribution >= 4 is 41.5 Å². The van der Waals surface area contributed by atoms with Crippen molar-refractivity contribution in [3.63, 3.8) is 0 Å². The molecule has 0 atom stereocenters. The fourth-order valence-corrected chi connectivity index (χ4v) is 3.62. The summed E-state index contributed by atoms with van der Waals surface area (Å²) < 4.78 is 13.0. The first-order chi connectivity index (χ1) is 12.6. The third-order valence-electron chi connectivity index (χ3n) is 5.15. The lowest BCUT2D eigenvalue weighted by molar-refractivity contribution is -0.120. The van der Waals surface area contributed by atoms with Gasteiger partial charge in [0.25, 0.3) is 0 Å². The zero-order valence-electron chi connectivity index (χ0n) is 15.6. The van der Waals surface area contributed by atoms with Crippen molar-refractivity contribution in [2.45, 2.75) is 38.1 Å². The largest absolute Gasteiger partial charge is 0.370 e. The Labute approximate surface area is 177 Å². The van der Waals surface area contributed by atoms with Crippen LogP contribution in [0.4, 0.5) is 10.1 Å². The van der Waals surface area contributed by atoms with E-state index in [4.69, 9.17) is 5.73 Å². The minimum atomic E-state index is -0.227. The van der Waals surface area contributed by atoms with Crippen molar-refractivity contribution < 1.29 is 9.18 Å². The van der Waals surface area contributed by atoms with Gasteiger partial charge in [-0.15, -0.1) is 24.0 Å². The van der Waals surface area contributed by atoms with Crippen molar-refractivity contribution in [3.05, 3.63) is 30.1 Å². The average molecular weight is 489 g/mol. The van der Waals surface area contributed by atoms with Gasteiger partial charge in [-0.25, -0.2) is 9.38 Å². The SMILES string of the molecule is I.NC(=NCC(=O)NC1CCCCC1)N1CCN(c2ccc(F)cc2)CC1. The number of hydrogen-bond acceptors (Lipinski definition) is 3. The van der Waals surface area contributed by atoms with E-state index in [9.17, 15) is 9.18 Å². The number of carbonyl (C=O) groups is 1. The zero-order valence-corrected chi connectivity index (χ0v) is 17.9. The van der Waals surface area contributed by atoms with E-state index in [0.717, 1.165) is 44.7 Å². The molecule has 150 valence electrons. The number of halogens is 2. The van der Waals surface area contributed by atoms with Gasteiger partial charge < -0.3 is 20.9 Å². The molecule has 0 spiro atoms. The molecule has 3 N–H and O–H groups in total. The van der Waals surface area contributed by atoms with Gasteiger partial charge in [-0.05, 0) is 37.1 Å². The highest BCUT2D eigenvalue weighted by molar-refractivity contribution is 14.0. The second-order valence-corrected chi connectivity index (χ2v) is 7.03. The van der Waals surface area contributed by atoms with Gasteiger partial charge in [-0.2, -0.15) is 0 Å². The number of amides is 1. The Kier molecular flexibility index (Phi) is 8.59. The van der Waals surface area contributed by atoms with Crippen molar-refractivity contribution in [3.8, 4) is 0 Å². The number of carbonyl (C=O) groups excluding carboxylic acids is 1. The fraction of sp³-hybridized carbons (Fsp3) is 0.579. The molecule has 2 aliphatic rings. The number of piperazine rings is 1. The van der Waals surface area contributed by atoms with E-state index in [1.807, 2.05) is 4.90 Å². The number of hydrogen-bond donors (Lipinski definition) is 2. The van der Waals surface area contributed by atoms with Crippen LogP contribution in [0.15, 0.2) is 29.3 Å². The Morgan fingerprint density at radius 3 is 2.37 bits per heavy atom. The molecule has 1 heterocycles. The molecular weight excluding hydrogens is 460 g/mol. The van der Waals surface area contributed by atoms with Gasteiger partial charge in [0.2, 0.25) is 5.91 Å². The monoisotopic (exact) mass is 489 g/mol. The molecule has 1 aliphatic carbocycles. The highest BCUT2D eigenvalue weighted by Gasteiger charge is 2.19. The van der Waals surface area contributed by atoms with Gasteiger partial charge in [0.15, 0.2) is 5.96 Å². The van der Waals surface area contributed by atoms with Crippen LogP contribution in [-0.4, -0.2) is 55.5 Å². The van der Waals surface area contributed by atoms with Gasteiger partial charge in [0.05, 0.1) is 0 Å². The predicted octanol–water partition coefficient (Wildman–Crippen LogP) is 2.33. The molecule has 0 unspecified atom stereocenters. The molecule has 1 saturated heterocycles. The Balaban J connectivity index is 0.00000261. The van der Waals surface area contributed by atoms with Crippen LogP contribution in [0.2, 0.25) is 0 Å².